The molecule has 2 aromatic carbocycles. The quantitative estimate of drug-likeness (QED) is 0.549. The molecule has 1 amide bonds. The van der Waals surface area contributed by atoms with E-state index in [2.05, 4.69) is 21.7 Å². The molecule has 0 spiro atoms. The van der Waals surface area contributed by atoms with Gasteiger partial charge in [-0.25, -0.2) is 4.39 Å². The number of aryl methyl sites for hydroxylation is 2. The summed E-state index contributed by atoms with van der Waals surface area (Å²) < 4.78 is 14.8. The number of amides is 1. The summed E-state index contributed by atoms with van der Waals surface area (Å²) in [6.07, 6.45) is 2.07. The zero-order chi connectivity index (χ0) is 22.1. The van der Waals surface area contributed by atoms with Crippen LogP contribution in [0.3, 0.4) is 0 Å². The van der Waals surface area contributed by atoms with E-state index in [0.717, 1.165) is 39.7 Å². The van der Waals surface area contributed by atoms with Gasteiger partial charge in [0.25, 0.3) is 0 Å². The van der Waals surface area contributed by atoms with Gasteiger partial charge in [-0.2, -0.15) is 0 Å². The molecule has 4 rings (SSSR count). The van der Waals surface area contributed by atoms with E-state index < -0.39 is 0 Å². The van der Waals surface area contributed by atoms with E-state index >= 15 is 0 Å². The Balaban J connectivity index is 1.79. The third kappa shape index (κ3) is 3.88. The standard InChI is InChI=1S/C24H24ClFN4O/c1-4-16-7-6-8-20(26)22(16)17-14-18-19(13-15(17)3)24(28-27-23(18)25)30-11-9-29(10-12-30)21(31)5-2/h5-8,13-14H,2,4,9-12H2,1,3H3. The number of hydrogen-bond acceptors (Lipinski definition) is 4. The first-order valence-corrected chi connectivity index (χ1v) is 10.7. The van der Waals surface area contributed by atoms with Crippen molar-refractivity contribution in [2.45, 2.75) is 20.3 Å². The molecule has 1 aliphatic rings. The Kier molecular flexibility index (Phi) is 5.92. The fourth-order valence-electron chi connectivity index (χ4n) is 4.20. The zero-order valence-electron chi connectivity index (χ0n) is 17.7. The molecule has 3 aromatic rings. The number of anilines is 1. The van der Waals surface area contributed by atoms with E-state index in [4.69, 9.17) is 11.6 Å². The van der Waals surface area contributed by atoms with Crippen molar-refractivity contribution >= 4 is 34.1 Å². The number of aromatic nitrogens is 2. The highest BCUT2D eigenvalue weighted by Crippen LogP contribution is 2.37. The van der Waals surface area contributed by atoms with Crippen LogP contribution in [0, 0.1) is 12.7 Å². The molecular weight excluding hydrogens is 415 g/mol. The Hall–Kier alpha value is -2.99. The first-order valence-electron chi connectivity index (χ1n) is 10.3. The Morgan fingerprint density at radius 3 is 2.61 bits per heavy atom. The second-order valence-electron chi connectivity index (χ2n) is 7.67. The lowest BCUT2D eigenvalue weighted by Crippen LogP contribution is -2.48. The monoisotopic (exact) mass is 438 g/mol. The van der Waals surface area contributed by atoms with Crippen LogP contribution in [-0.4, -0.2) is 47.2 Å². The van der Waals surface area contributed by atoms with Crippen molar-refractivity contribution in [1.82, 2.24) is 15.1 Å². The van der Waals surface area contributed by atoms with Crippen LogP contribution in [0.2, 0.25) is 5.15 Å². The van der Waals surface area contributed by atoms with Gasteiger partial charge in [-0.05, 0) is 54.3 Å². The number of fused-ring (bicyclic) bond motifs is 1. The molecule has 31 heavy (non-hydrogen) atoms. The van der Waals surface area contributed by atoms with Crippen LogP contribution in [0.5, 0.6) is 0 Å². The molecule has 2 heterocycles. The summed E-state index contributed by atoms with van der Waals surface area (Å²) in [5.74, 6) is 0.413. The van der Waals surface area contributed by atoms with E-state index in [1.54, 1.807) is 11.0 Å². The maximum absolute atomic E-state index is 14.8. The van der Waals surface area contributed by atoms with Gasteiger partial charge >= 0.3 is 0 Å². The Labute approximate surface area is 186 Å². The minimum Gasteiger partial charge on any atom is -0.351 e. The molecule has 5 nitrogen and oxygen atoms in total. The first kappa shape index (κ1) is 21.2. The maximum atomic E-state index is 14.8. The average molecular weight is 439 g/mol. The fraction of sp³-hybridized carbons (Fsp3) is 0.292. The number of rotatable bonds is 4. The first-order chi connectivity index (χ1) is 14.9. The van der Waals surface area contributed by atoms with Crippen molar-refractivity contribution in [2.24, 2.45) is 0 Å². The van der Waals surface area contributed by atoms with E-state index in [1.807, 2.05) is 32.0 Å². The van der Waals surface area contributed by atoms with Crippen LogP contribution < -0.4 is 4.90 Å². The number of piperazine rings is 1. The van der Waals surface area contributed by atoms with Gasteiger partial charge in [-0.15, -0.1) is 10.2 Å². The maximum Gasteiger partial charge on any atom is 0.246 e. The van der Waals surface area contributed by atoms with Crippen molar-refractivity contribution in [3.63, 3.8) is 0 Å². The summed E-state index contributed by atoms with van der Waals surface area (Å²) in [5.41, 5.74) is 3.31. The number of nitrogens with zero attached hydrogens (tertiary/aromatic N) is 4. The molecule has 160 valence electrons. The third-order valence-electron chi connectivity index (χ3n) is 5.88. The van der Waals surface area contributed by atoms with E-state index in [-0.39, 0.29) is 16.9 Å². The lowest BCUT2D eigenvalue weighted by molar-refractivity contribution is -0.126. The Bertz CT molecular complexity index is 1170. The van der Waals surface area contributed by atoms with Gasteiger partial charge < -0.3 is 9.80 Å². The second kappa shape index (κ2) is 8.63. The van der Waals surface area contributed by atoms with Gasteiger partial charge in [0.15, 0.2) is 11.0 Å². The van der Waals surface area contributed by atoms with Crippen LogP contribution in [0.1, 0.15) is 18.1 Å². The van der Waals surface area contributed by atoms with Gasteiger partial charge in [0.1, 0.15) is 5.82 Å². The Morgan fingerprint density at radius 1 is 1.19 bits per heavy atom. The highest BCUT2D eigenvalue weighted by molar-refractivity contribution is 6.34. The molecule has 0 aliphatic carbocycles. The summed E-state index contributed by atoms with van der Waals surface area (Å²) in [5, 5.41) is 10.4. The zero-order valence-corrected chi connectivity index (χ0v) is 18.4. The number of hydrogen-bond donors (Lipinski definition) is 0. The van der Waals surface area contributed by atoms with Crippen molar-refractivity contribution < 1.29 is 9.18 Å². The van der Waals surface area contributed by atoms with Crippen molar-refractivity contribution in [2.75, 3.05) is 31.1 Å². The van der Waals surface area contributed by atoms with Gasteiger partial charge in [-0.3, -0.25) is 4.79 Å². The molecule has 0 bridgehead atoms. The van der Waals surface area contributed by atoms with Gasteiger partial charge in [0, 0.05) is 42.5 Å². The molecule has 0 N–H and O–H groups in total. The summed E-state index contributed by atoms with van der Waals surface area (Å²) in [6, 6.07) is 9.10. The van der Waals surface area contributed by atoms with Gasteiger partial charge in [0.2, 0.25) is 5.91 Å². The minimum atomic E-state index is -0.247. The average Bonchev–Trinajstić information content (AvgIpc) is 2.79. The van der Waals surface area contributed by atoms with Crippen molar-refractivity contribution in [1.29, 1.82) is 0 Å². The van der Waals surface area contributed by atoms with E-state index in [1.165, 1.54) is 12.1 Å². The number of benzene rings is 2. The normalized spacial score (nSPS) is 14.2. The van der Waals surface area contributed by atoms with Gasteiger partial charge in [-0.1, -0.05) is 37.2 Å². The predicted molar refractivity (Wildman–Crippen MR) is 123 cm³/mol. The summed E-state index contributed by atoms with van der Waals surface area (Å²) in [7, 11) is 0. The van der Waals surface area contributed by atoms with E-state index in [9.17, 15) is 9.18 Å². The van der Waals surface area contributed by atoms with Crippen LogP contribution in [0.4, 0.5) is 10.2 Å². The van der Waals surface area contributed by atoms with Crippen molar-refractivity contribution in [3.8, 4) is 11.1 Å². The number of halogens is 2. The van der Waals surface area contributed by atoms with Crippen LogP contribution >= 0.6 is 11.6 Å². The molecule has 0 radical (unpaired) electrons. The molecule has 1 fully saturated rings. The lowest BCUT2D eigenvalue weighted by atomic mass is 9.92. The Morgan fingerprint density at radius 2 is 1.94 bits per heavy atom. The van der Waals surface area contributed by atoms with Crippen LogP contribution in [0.15, 0.2) is 43.0 Å². The summed E-state index contributed by atoms with van der Waals surface area (Å²) in [4.78, 5) is 15.8. The number of carbonyl (C=O) groups is 1. The molecule has 0 unspecified atom stereocenters. The highest BCUT2D eigenvalue weighted by Gasteiger charge is 2.24. The lowest BCUT2D eigenvalue weighted by Gasteiger charge is -2.35. The smallest absolute Gasteiger partial charge is 0.246 e. The predicted octanol–water partition coefficient (Wildman–Crippen LogP) is 4.79. The molecule has 1 saturated heterocycles. The summed E-state index contributed by atoms with van der Waals surface area (Å²) in [6.45, 7) is 9.99. The molecular formula is C24H24ClFN4O. The van der Waals surface area contributed by atoms with Gasteiger partial charge in [0.05, 0.1) is 0 Å². The minimum absolute atomic E-state index is 0.0659. The highest BCUT2D eigenvalue weighted by atomic mass is 35.5. The van der Waals surface area contributed by atoms with Crippen LogP contribution in [-0.2, 0) is 11.2 Å². The fourth-order valence-corrected chi connectivity index (χ4v) is 4.39. The molecule has 0 atom stereocenters. The molecule has 1 aromatic heterocycles. The molecule has 1 aliphatic heterocycles. The van der Waals surface area contributed by atoms with E-state index in [0.29, 0.717) is 31.7 Å². The van der Waals surface area contributed by atoms with Crippen LogP contribution in [0.25, 0.3) is 21.9 Å². The third-order valence-corrected chi connectivity index (χ3v) is 6.16. The molecule has 7 heteroatoms. The second-order valence-corrected chi connectivity index (χ2v) is 8.03. The largest absolute Gasteiger partial charge is 0.351 e. The van der Waals surface area contributed by atoms with Crippen molar-refractivity contribution in [3.05, 3.63) is 65.1 Å². The molecule has 0 saturated carbocycles. The number of carbonyl (C=O) groups excluding carboxylic acids is 1. The summed E-state index contributed by atoms with van der Waals surface area (Å²) >= 11 is 6.43. The topological polar surface area (TPSA) is 49.3 Å². The SMILES string of the molecule is C=CC(=O)N1CCN(c2nnc(Cl)c3cc(-c4c(F)cccc4CC)c(C)cc23)CC1.